The van der Waals surface area contributed by atoms with Crippen molar-refractivity contribution in [2.45, 2.75) is 26.6 Å². The molecule has 108 valence electrons. The number of aryl methyl sites for hydroxylation is 1. The van der Waals surface area contributed by atoms with Crippen LogP contribution in [0.25, 0.3) is 0 Å². The summed E-state index contributed by atoms with van der Waals surface area (Å²) in [4.78, 5) is 4.14. The van der Waals surface area contributed by atoms with Gasteiger partial charge in [-0.1, -0.05) is 23.7 Å². The van der Waals surface area contributed by atoms with Gasteiger partial charge in [0.05, 0.1) is 13.7 Å². The molecule has 1 aromatic carbocycles. The van der Waals surface area contributed by atoms with E-state index >= 15 is 0 Å². The molecule has 0 saturated carbocycles. The number of aliphatic hydroxyl groups excluding tert-OH is 1. The summed E-state index contributed by atoms with van der Waals surface area (Å²) in [5.74, 6) is 1.85. The fraction of sp³-hybridized carbons (Fsp3) is 0.385. The van der Waals surface area contributed by atoms with Crippen LogP contribution in [0.1, 0.15) is 24.2 Å². The Morgan fingerprint density at radius 3 is 2.80 bits per heavy atom. The highest BCUT2D eigenvalue weighted by Crippen LogP contribution is 2.35. The van der Waals surface area contributed by atoms with E-state index in [2.05, 4.69) is 10.1 Å². The summed E-state index contributed by atoms with van der Waals surface area (Å²) in [6.45, 7) is 1.83. The van der Waals surface area contributed by atoms with E-state index < -0.39 is 0 Å². The van der Waals surface area contributed by atoms with Crippen LogP contribution < -0.4 is 9.47 Å². The number of aromatic nitrogens is 2. The van der Waals surface area contributed by atoms with Crippen molar-refractivity contribution in [1.82, 2.24) is 10.1 Å². The van der Waals surface area contributed by atoms with Crippen LogP contribution in [0, 0.1) is 0 Å². The van der Waals surface area contributed by atoms with E-state index in [0.717, 1.165) is 0 Å². The summed E-state index contributed by atoms with van der Waals surface area (Å²) in [5, 5.41) is 13.6. The van der Waals surface area contributed by atoms with Crippen LogP contribution >= 0.6 is 11.6 Å². The molecular weight excluding hydrogens is 284 g/mol. The van der Waals surface area contributed by atoms with Crippen molar-refractivity contribution in [3.63, 3.8) is 0 Å². The summed E-state index contributed by atoms with van der Waals surface area (Å²) < 4.78 is 15.8. The third-order valence-electron chi connectivity index (χ3n) is 2.65. The maximum atomic E-state index is 9.36. The second-order valence-corrected chi connectivity index (χ2v) is 4.44. The van der Waals surface area contributed by atoms with Gasteiger partial charge in [0, 0.05) is 23.1 Å². The van der Waals surface area contributed by atoms with Gasteiger partial charge in [0.25, 0.3) is 0 Å². The summed E-state index contributed by atoms with van der Waals surface area (Å²) in [6, 6.07) is 3.23. The zero-order chi connectivity index (χ0) is 14.5. The Labute approximate surface area is 121 Å². The lowest BCUT2D eigenvalue weighted by atomic mass is 10.2. The largest absolute Gasteiger partial charge is 0.493 e. The zero-order valence-corrected chi connectivity index (χ0v) is 12.0. The van der Waals surface area contributed by atoms with Gasteiger partial charge in [0.15, 0.2) is 18.1 Å². The molecule has 2 aromatic rings. The number of hydrogen-bond acceptors (Lipinski definition) is 6. The van der Waals surface area contributed by atoms with Gasteiger partial charge in [-0.25, -0.2) is 0 Å². The molecule has 20 heavy (non-hydrogen) atoms. The number of methoxy groups -OCH3 is 1. The van der Waals surface area contributed by atoms with Crippen LogP contribution in [-0.4, -0.2) is 22.4 Å². The predicted molar refractivity (Wildman–Crippen MR) is 71.9 cm³/mol. The molecule has 1 heterocycles. The molecule has 7 heteroatoms. The lowest BCUT2D eigenvalue weighted by molar-refractivity contribution is 0.243. The Kier molecular flexibility index (Phi) is 4.81. The molecule has 2 rings (SSSR count). The number of halogens is 1. The average Bonchev–Trinajstić information content (AvgIpc) is 2.92. The van der Waals surface area contributed by atoms with Crippen molar-refractivity contribution in [2.24, 2.45) is 0 Å². The summed E-state index contributed by atoms with van der Waals surface area (Å²) >= 11 is 5.93. The monoisotopic (exact) mass is 298 g/mol. The predicted octanol–water partition coefficient (Wildman–Crippen LogP) is 2.37. The number of nitrogens with zero attached hydrogens (tertiary/aromatic N) is 2. The Morgan fingerprint density at radius 2 is 2.20 bits per heavy atom. The Hall–Kier alpha value is -1.79. The van der Waals surface area contributed by atoms with Crippen molar-refractivity contribution in [1.29, 1.82) is 0 Å². The number of benzene rings is 1. The molecule has 0 amide bonds. The first-order chi connectivity index (χ1) is 9.67. The van der Waals surface area contributed by atoms with Crippen LogP contribution in [0.5, 0.6) is 11.5 Å². The molecule has 0 aliphatic heterocycles. The first kappa shape index (κ1) is 14.6. The number of hydrogen-bond donors (Lipinski definition) is 1. The van der Waals surface area contributed by atoms with Gasteiger partial charge < -0.3 is 19.1 Å². The third-order valence-corrected chi connectivity index (χ3v) is 2.86. The maximum absolute atomic E-state index is 9.36. The van der Waals surface area contributed by atoms with E-state index in [1.165, 1.54) is 7.11 Å². The molecule has 0 spiro atoms. The van der Waals surface area contributed by atoms with E-state index in [-0.39, 0.29) is 13.2 Å². The normalized spacial score (nSPS) is 10.6. The van der Waals surface area contributed by atoms with Gasteiger partial charge in [0.1, 0.15) is 0 Å². The van der Waals surface area contributed by atoms with E-state index in [1.807, 2.05) is 6.92 Å². The van der Waals surface area contributed by atoms with Crippen molar-refractivity contribution >= 4 is 11.6 Å². The van der Waals surface area contributed by atoms with Crippen molar-refractivity contribution < 1.29 is 19.1 Å². The van der Waals surface area contributed by atoms with Crippen molar-refractivity contribution in [3.8, 4) is 11.5 Å². The van der Waals surface area contributed by atoms with E-state index in [1.54, 1.807) is 12.1 Å². The first-order valence-electron chi connectivity index (χ1n) is 6.09. The zero-order valence-electron chi connectivity index (χ0n) is 11.2. The Morgan fingerprint density at radius 1 is 1.40 bits per heavy atom. The molecule has 0 fully saturated rings. The lowest BCUT2D eigenvalue weighted by Crippen LogP contribution is -2.03. The van der Waals surface area contributed by atoms with E-state index in [9.17, 15) is 5.11 Å². The summed E-state index contributed by atoms with van der Waals surface area (Å²) in [6.07, 6.45) is 0.666. The third kappa shape index (κ3) is 3.20. The summed E-state index contributed by atoms with van der Waals surface area (Å²) in [7, 11) is 1.50. The lowest BCUT2D eigenvalue weighted by Gasteiger charge is -2.13. The Bertz CT molecular complexity index is 560. The van der Waals surface area contributed by atoms with Crippen LogP contribution in [0.3, 0.4) is 0 Å². The van der Waals surface area contributed by atoms with Crippen LogP contribution in [0.2, 0.25) is 5.02 Å². The molecular formula is C13H15ClN2O4. The van der Waals surface area contributed by atoms with Gasteiger partial charge in [-0.2, -0.15) is 4.98 Å². The molecule has 0 saturated heterocycles. The van der Waals surface area contributed by atoms with E-state index in [4.69, 9.17) is 25.6 Å². The number of ether oxygens (including phenoxy) is 2. The molecule has 6 nitrogen and oxygen atoms in total. The number of aliphatic hydroxyl groups is 1. The SMILES string of the molecule is CCc1nc(COc2c(CO)cc(Cl)cc2OC)no1. The van der Waals surface area contributed by atoms with Crippen LogP contribution in [-0.2, 0) is 19.6 Å². The maximum Gasteiger partial charge on any atom is 0.226 e. The molecule has 1 aromatic heterocycles. The molecule has 0 radical (unpaired) electrons. The average molecular weight is 299 g/mol. The molecule has 0 atom stereocenters. The van der Waals surface area contributed by atoms with Crippen LogP contribution in [0.15, 0.2) is 16.7 Å². The fourth-order valence-electron chi connectivity index (χ4n) is 1.68. The standard InChI is InChI=1S/C13H15ClN2O4/c1-3-12-15-11(16-20-12)7-19-13-8(6-17)4-9(14)5-10(13)18-2/h4-5,17H,3,6-7H2,1-2H3. The van der Waals surface area contributed by atoms with Gasteiger partial charge in [-0.3, -0.25) is 0 Å². The Balaban J connectivity index is 2.19. The summed E-state index contributed by atoms with van der Waals surface area (Å²) in [5.41, 5.74) is 0.536. The number of rotatable bonds is 6. The molecule has 0 aliphatic carbocycles. The molecule has 0 bridgehead atoms. The van der Waals surface area contributed by atoms with Gasteiger partial charge in [-0.05, 0) is 6.07 Å². The van der Waals surface area contributed by atoms with Gasteiger partial charge in [-0.15, -0.1) is 0 Å². The smallest absolute Gasteiger partial charge is 0.226 e. The van der Waals surface area contributed by atoms with Gasteiger partial charge >= 0.3 is 0 Å². The minimum Gasteiger partial charge on any atom is -0.493 e. The second kappa shape index (κ2) is 6.58. The minimum absolute atomic E-state index is 0.120. The minimum atomic E-state index is -0.210. The van der Waals surface area contributed by atoms with Crippen molar-refractivity contribution in [2.75, 3.05) is 7.11 Å². The second-order valence-electron chi connectivity index (χ2n) is 4.00. The first-order valence-corrected chi connectivity index (χ1v) is 6.47. The molecule has 0 unspecified atom stereocenters. The fourth-order valence-corrected chi connectivity index (χ4v) is 1.92. The highest BCUT2D eigenvalue weighted by Gasteiger charge is 2.14. The highest BCUT2D eigenvalue weighted by molar-refractivity contribution is 6.30. The quantitative estimate of drug-likeness (QED) is 0.882. The molecule has 0 aliphatic rings. The van der Waals surface area contributed by atoms with E-state index in [0.29, 0.717) is 40.2 Å². The van der Waals surface area contributed by atoms with Crippen LogP contribution in [0.4, 0.5) is 0 Å². The van der Waals surface area contributed by atoms with Gasteiger partial charge in [0.2, 0.25) is 11.7 Å². The van der Waals surface area contributed by atoms with Crippen molar-refractivity contribution in [3.05, 3.63) is 34.4 Å². The highest BCUT2D eigenvalue weighted by atomic mass is 35.5. The topological polar surface area (TPSA) is 77.6 Å². The molecule has 1 N–H and O–H groups in total.